The number of rotatable bonds is 4. The highest BCUT2D eigenvalue weighted by atomic mass is 16.5. The number of anilines is 1. The minimum Gasteiger partial charge on any atom is -0.399 e. The Hall–Kier alpha value is -1.88. The number of nitrogens with zero attached hydrogens (tertiary/aromatic N) is 2. The van der Waals surface area contributed by atoms with Crippen molar-refractivity contribution in [2.45, 2.75) is 38.2 Å². The van der Waals surface area contributed by atoms with E-state index in [4.69, 9.17) is 15.0 Å². The van der Waals surface area contributed by atoms with Crippen molar-refractivity contribution in [1.82, 2.24) is 10.1 Å². The fourth-order valence-electron chi connectivity index (χ4n) is 2.81. The maximum atomic E-state index is 5.94. The van der Waals surface area contributed by atoms with Crippen molar-refractivity contribution >= 4 is 5.69 Å². The lowest BCUT2D eigenvalue weighted by atomic mass is 10.0. The Morgan fingerprint density at radius 3 is 2.60 bits per heavy atom. The molecule has 1 fully saturated rings. The van der Waals surface area contributed by atoms with Crippen molar-refractivity contribution in [2.75, 3.05) is 12.3 Å². The van der Waals surface area contributed by atoms with Crippen molar-refractivity contribution in [3.63, 3.8) is 0 Å². The van der Waals surface area contributed by atoms with Crippen LogP contribution in [0.25, 0.3) is 11.5 Å². The number of hydrogen-bond donors (Lipinski definition) is 1. The number of nitrogens with two attached hydrogens (primary N) is 1. The number of benzene rings is 1. The zero-order chi connectivity index (χ0) is 14.0. The van der Waals surface area contributed by atoms with Gasteiger partial charge in [-0.05, 0) is 56.9 Å². The topological polar surface area (TPSA) is 74.2 Å². The molecule has 0 aliphatic heterocycles. The fraction of sp³-hybridized carbons (Fsp3) is 0.467. The number of nitrogen functional groups attached to an aromatic ring is 1. The van der Waals surface area contributed by atoms with Crippen LogP contribution in [-0.4, -0.2) is 16.7 Å². The van der Waals surface area contributed by atoms with Crippen molar-refractivity contribution in [3.05, 3.63) is 30.1 Å². The van der Waals surface area contributed by atoms with Crippen LogP contribution in [0.5, 0.6) is 0 Å². The molecule has 5 heteroatoms. The molecule has 1 saturated carbocycles. The number of hydrogen-bond acceptors (Lipinski definition) is 5. The zero-order valence-corrected chi connectivity index (χ0v) is 11.6. The first kappa shape index (κ1) is 13.1. The summed E-state index contributed by atoms with van der Waals surface area (Å²) in [6.45, 7) is 2.66. The first-order valence-electron chi connectivity index (χ1n) is 7.07. The Bertz CT molecular complexity index is 571. The van der Waals surface area contributed by atoms with Crippen LogP contribution in [0.3, 0.4) is 0 Å². The van der Waals surface area contributed by atoms with E-state index in [1.54, 1.807) is 0 Å². The van der Waals surface area contributed by atoms with Crippen molar-refractivity contribution < 1.29 is 9.26 Å². The van der Waals surface area contributed by atoms with Crippen LogP contribution in [0.15, 0.2) is 28.8 Å². The molecular weight excluding hydrogens is 254 g/mol. The molecule has 20 heavy (non-hydrogen) atoms. The van der Waals surface area contributed by atoms with E-state index >= 15 is 0 Å². The molecule has 0 spiro atoms. The molecule has 2 N–H and O–H groups in total. The quantitative estimate of drug-likeness (QED) is 0.866. The third kappa shape index (κ3) is 2.29. The fourth-order valence-corrected chi connectivity index (χ4v) is 2.81. The van der Waals surface area contributed by atoms with Crippen LogP contribution in [0.1, 0.15) is 38.4 Å². The van der Waals surface area contributed by atoms with Gasteiger partial charge >= 0.3 is 0 Å². The van der Waals surface area contributed by atoms with E-state index in [0.29, 0.717) is 18.3 Å². The van der Waals surface area contributed by atoms with E-state index in [2.05, 4.69) is 10.1 Å². The lowest BCUT2D eigenvalue weighted by Gasteiger charge is -2.24. The standard InChI is InChI=1S/C15H19N3O2/c1-2-19-15(9-3-4-10-15)14-17-13(20-18-14)11-5-7-12(16)8-6-11/h5-8H,2-4,9-10,16H2,1H3. The van der Waals surface area contributed by atoms with Crippen LogP contribution in [0.4, 0.5) is 5.69 Å². The second-order valence-corrected chi connectivity index (χ2v) is 5.18. The molecule has 1 aliphatic carbocycles. The van der Waals surface area contributed by atoms with Crippen LogP contribution < -0.4 is 5.73 Å². The minimum atomic E-state index is -0.357. The van der Waals surface area contributed by atoms with Crippen molar-refractivity contribution in [3.8, 4) is 11.5 Å². The van der Waals surface area contributed by atoms with E-state index in [-0.39, 0.29) is 5.60 Å². The van der Waals surface area contributed by atoms with Crippen molar-refractivity contribution in [2.24, 2.45) is 0 Å². The molecular formula is C15H19N3O2. The van der Waals surface area contributed by atoms with Gasteiger partial charge in [-0.25, -0.2) is 0 Å². The molecule has 5 nitrogen and oxygen atoms in total. The molecule has 3 rings (SSSR count). The molecule has 1 heterocycles. The lowest BCUT2D eigenvalue weighted by molar-refractivity contribution is -0.0469. The smallest absolute Gasteiger partial charge is 0.258 e. The summed E-state index contributed by atoms with van der Waals surface area (Å²) >= 11 is 0. The summed E-state index contributed by atoms with van der Waals surface area (Å²) in [6, 6.07) is 7.42. The van der Waals surface area contributed by atoms with Gasteiger partial charge in [0.15, 0.2) is 0 Å². The first-order valence-corrected chi connectivity index (χ1v) is 7.07. The Morgan fingerprint density at radius 2 is 1.95 bits per heavy atom. The van der Waals surface area contributed by atoms with E-state index in [1.807, 2.05) is 31.2 Å². The average molecular weight is 273 g/mol. The van der Waals surface area contributed by atoms with Gasteiger partial charge in [-0.2, -0.15) is 4.98 Å². The van der Waals surface area contributed by atoms with Crippen molar-refractivity contribution in [1.29, 1.82) is 0 Å². The second kappa shape index (κ2) is 5.25. The monoisotopic (exact) mass is 273 g/mol. The Kier molecular flexibility index (Phi) is 3.44. The van der Waals surface area contributed by atoms with Gasteiger partial charge in [-0.1, -0.05) is 5.16 Å². The third-order valence-corrected chi connectivity index (χ3v) is 3.82. The molecule has 1 aromatic heterocycles. The van der Waals surface area contributed by atoms with Crippen LogP contribution in [0.2, 0.25) is 0 Å². The van der Waals surface area contributed by atoms with E-state index in [0.717, 1.165) is 36.9 Å². The summed E-state index contributed by atoms with van der Waals surface area (Å²) in [7, 11) is 0. The summed E-state index contributed by atoms with van der Waals surface area (Å²) < 4.78 is 11.3. The normalized spacial score (nSPS) is 17.4. The SMILES string of the molecule is CCOC1(c2noc(-c3ccc(N)cc3)n2)CCCC1. The zero-order valence-electron chi connectivity index (χ0n) is 11.6. The molecule has 0 amide bonds. The highest BCUT2D eigenvalue weighted by Crippen LogP contribution is 2.41. The Labute approximate surface area is 118 Å². The lowest BCUT2D eigenvalue weighted by Crippen LogP contribution is -2.27. The average Bonchev–Trinajstić information content (AvgIpc) is 3.09. The van der Waals surface area contributed by atoms with E-state index < -0.39 is 0 Å². The van der Waals surface area contributed by atoms with Crippen LogP contribution in [0, 0.1) is 0 Å². The van der Waals surface area contributed by atoms with Gasteiger partial charge in [0.1, 0.15) is 5.60 Å². The molecule has 1 aliphatic rings. The van der Waals surface area contributed by atoms with Gasteiger partial charge in [0.05, 0.1) is 0 Å². The van der Waals surface area contributed by atoms with Gasteiger partial charge in [0.2, 0.25) is 5.82 Å². The van der Waals surface area contributed by atoms with E-state index in [1.165, 1.54) is 0 Å². The Balaban J connectivity index is 1.91. The molecule has 1 aromatic carbocycles. The molecule has 0 radical (unpaired) electrons. The summed E-state index contributed by atoms with van der Waals surface area (Å²) in [5, 5.41) is 4.15. The van der Waals surface area contributed by atoms with Crippen LogP contribution >= 0.6 is 0 Å². The molecule has 0 unspecified atom stereocenters. The predicted octanol–water partition coefficient (Wildman–Crippen LogP) is 3.12. The van der Waals surface area contributed by atoms with Gasteiger partial charge in [0.25, 0.3) is 5.89 Å². The highest BCUT2D eigenvalue weighted by Gasteiger charge is 2.40. The van der Waals surface area contributed by atoms with Gasteiger partial charge in [0, 0.05) is 17.9 Å². The highest BCUT2D eigenvalue weighted by molar-refractivity contribution is 5.57. The van der Waals surface area contributed by atoms with Gasteiger partial charge in [-0.15, -0.1) is 0 Å². The molecule has 106 valence electrons. The third-order valence-electron chi connectivity index (χ3n) is 3.82. The first-order chi connectivity index (χ1) is 9.73. The van der Waals surface area contributed by atoms with Gasteiger partial charge < -0.3 is 15.0 Å². The molecule has 0 bridgehead atoms. The van der Waals surface area contributed by atoms with Crippen LogP contribution in [-0.2, 0) is 10.3 Å². The van der Waals surface area contributed by atoms with E-state index in [9.17, 15) is 0 Å². The number of ether oxygens (including phenoxy) is 1. The molecule has 0 saturated heterocycles. The van der Waals surface area contributed by atoms with Gasteiger partial charge in [-0.3, -0.25) is 0 Å². The minimum absolute atomic E-state index is 0.357. The molecule has 2 aromatic rings. The largest absolute Gasteiger partial charge is 0.399 e. The summed E-state index contributed by atoms with van der Waals surface area (Å²) in [6.07, 6.45) is 4.21. The number of aromatic nitrogens is 2. The Morgan fingerprint density at radius 1 is 1.25 bits per heavy atom. The maximum absolute atomic E-state index is 5.94. The maximum Gasteiger partial charge on any atom is 0.258 e. The predicted molar refractivity (Wildman–Crippen MR) is 75.9 cm³/mol. The summed E-state index contributed by atoms with van der Waals surface area (Å²) in [5.41, 5.74) is 6.92. The molecule has 0 atom stereocenters. The summed E-state index contributed by atoms with van der Waals surface area (Å²) in [4.78, 5) is 4.54. The summed E-state index contributed by atoms with van der Waals surface area (Å²) in [5.74, 6) is 1.19. The second-order valence-electron chi connectivity index (χ2n) is 5.18.